The van der Waals surface area contributed by atoms with E-state index < -0.39 is 43.2 Å². The first-order valence-corrected chi connectivity index (χ1v) is 8.45. The van der Waals surface area contributed by atoms with Gasteiger partial charge in [0, 0.05) is 19.2 Å². The Morgan fingerprint density at radius 3 is 2.33 bits per heavy atom. The summed E-state index contributed by atoms with van der Waals surface area (Å²) in [5.41, 5.74) is 0. The molecule has 130 valence electrons. The van der Waals surface area contributed by atoms with Crippen molar-refractivity contribution in [2.75, 3.05) is 13.1 Å². The summed E-state index contributed by atoms with van der Waals surface area (Å²) in [7, 11) is -4.69. The van der Waals surface area contributed by atoms with Gasteiger partial charge in [-0.2, -0.15) is 4.68 Å². The molecule has 0 spiro atoms. The zero-order chi connectivity index (χ0) is 18.1. The van der Waals surface area contributed by atoms with E-state index in [9.17, 15) is 26.4 Å². The van der Waals surface area contributed by atoms with E-state index in [1.807, 2.05) is 0 Å². The van der Waals surface area contributed by atoms with E-state index in [4.69, 9.17) is 0 Å². The normalized spacial score (nSPS) is 11.5. The highest BCUT2D eigenvalue weighted by molar-refractivity contribution is 7.91. The molecule has 1 heterocycles. The maximum atomic E-state index is 14.0. The summed E-state index contributed by atoms with van der Waals surface area (Å²) in [6.45, 7) is 4.00. The zero-order valence-electron chi connectivity index (χ0n) is 12.8. The van der Waals surface area contributed by atoms with Gasteiger partial charge in [-0.1, -0.05) is 0 Å². The first-order valence-electron chi connectivity index (χ1n) is 6.97. The third kappa shape index (κ3) is 3.14. The summed E-state index contributed by atoms with van der Waals surface area (Å²) in [4.78, 5) is 12.5. The van der Waals surface area contributed by atoms with Crippen LogP contribution in [-0.4, -0.2) is 42.2 Å². The Labute approximate surface area is 136 Å². The number of nitrogens with zero attached hydrogens (tertiary/aromatic N) is 3. The highest BCUT2D eigenvalue weighted by Crippen LogP contribution is 2.24. The van der Waals surface area contributed by atoms with Crippen LogP contribution in [-0.2, 0) is 9.84 Å². The highest BCUT2D eigenvalue weighted by Gasteiger charge is 2.30. The molecular formula is C14H14F3N3O3S. The molecule has 0 aliphatic carbocycles. The summed E-state index contributed by atoms with van der Waals surface area (Å²) in [6.07, 6.45) is 0.606. The average molecular weight is 361 g/mol. The maximum Gasteiger partial charge on any atom is 0.344 e. The molecule has 0 unspecified atom stereocenters. The van der Waals surface area contributed by atoms with E-state index in [0.717, 1.165) is 6.07 Å². The number of carbonyl (C=O) groups excluding carboxylic acids is 1. The lowest BCUT2D eigenvalue weighted by Gasteiger charge is -2.17. The minimum Gasteiger partial charge on any atom is -0.323 e. The van der Waals surface area contributed by atoms with E-state index in [-0.39, 0.29) is 0 Å². The van der Waals surface area contributed by atoms with Crippen LogP contribution in [0.4, 0.5) is 18.0 Å². The summed E-state index contributed by atoms with van der Waals surface area (Å²) in [5.74, 6) is -3.66. The molecule has 10 heteroatoms. The Hall–Kier alpha value is -2.36. The number of aromatic nitrogens is 2. The second kappa shape index (κ2) is 6.63. The second-order valence-corrected chi connectivity index (χ2v) is 6.59. The van der Waals surface area contributed by atoms with Gasteiger partial charge in [-0.3, -0.25) is 0 Å². The minimum atomic E-state index is -4.69. The molecule has 0 saturated carbocycles. The molecule has 1 aromatic carbocycles. The van der Waals surface area contributed by atoms with Crippen LogP contribution in [0.1, 0.15) is 13.8 Å². The van der Waals surface area contributed by atoms with Crippen LogP contribution < -0.4 is 0 Å². The lowest BCUT2D eigenvalue weighted by Crippen LogP contribution is -2.34. The summed E-state index contributed by atoms with van der Waals surface area (Å²) >= 11 is 0. The molecule has 0 aliphatic heterocycles. The second-order valence-electron chi connectivity index (χ2n) is 4.76. The van der Waals surface area contributed by atoms with Crippen molar-refractivity contribution in [3.05, 3.63) is 41.8 Å². The van der Waals surface area contributed by atoms with Crippen LogP contribution >= 0.6 is 0 Å². The van der Waals surface area contributed by atoms with Gasteiger partial charge in [0.2, 0.25) is 14.9 Å². The molecule has 0 atom stereocenters. The van der Waals surface area contributed by atoms with Gasteiger partial charge in [0.05, 0.1) is 6.20 Å². The van der Waals surface area contributed by atoms with E-state index in [1.54, 1.807) is 13.8 Å². The predicted octanol–water partition coefficient (Wildman–Crippen LogP) is 2.44. The van der Waals surface area contributed by atoms with E-state index in [0.29, 0.717) is 36.1 Å². The van der Waals surface area contributed by atoms with Gasteiger partial charge in [0.25, 0.3) is 0 Å². The zero-order valence-corrected chi connectivity index (χ0v) is 13.6. The van der Waals surface area contributed by atoms with Crippen molar-refractivity contribution in [1.29, 1.82) is 0 Å². The fourth-order valence-electron chi connectivity index (χ4n) is 2.05. The molecule has 1 aromatic heterocycles. The monoisotopic (exact) mass is 361 g/mol. The minimum absolute atomic E-state index is 0.311. The summed E-state index contributed by atoms with van der Waals surface area (Å²) < 4.78 is 65.8. The summed E-state index contributed by atoms with van der Waals surface area (Å²) in [6, 6.07) is 1.04. The number of amides is 1. The van der Waals surface area contributed by atoms with Gasteiger partial charge in [-0.25, -0.2) is 26.4 Å². The third-order valence-corrected chi connectivity index (χ3v) is 5.00. The molecule has 1 amide bonds. The standard InChI is InChI=1S/C14H14F3N3O3S/c1-3-19(4-2)14(21)20-8-11(17)13(18-20)24(22,23)12-6-5-9(15)7-10(12)16/h5-8H,3-4H2,1-2H3. The lowest BCUT2D eigenvalue weighted by atomic mass is 10.3. The first-order chi connectivity index (χ1) is 11.2. The Kier molecular flexibility index (Phi) is 4.97. The van der Waals surface area contributed by atoms with Crippen LogP contribution in [0.25, 0.3) is 0 Å². The largest absolute Gasteiger partial charge is 0.344 e. The fourth-order valence-corrected chi connectivity index (χ4v) is 3.33. The molecule has 6 nitrogen and oxygen atoms in total. The molecule has 0 N–H and O–H groups in total. The Morgan fingerprint density at radius 2 is 1.79 bits per heavy atom. The number of sulfone groups is 1. The molecule has 2 rings (SSSR count). The predicted molar refractivity (Wildman–Crippen MR) is 77.7 cm³/mol. The highest BCUT2D eigenvalue weighted by atomic mass is 32.2. The number of rotatable bonds is 4. The van der Waals surface area contributed by atoms with Crippen molar-refractivity contribution in [2.45, 2.75) is 23.8 Å². The number of carbonyl (C=O) groups is 1. The van der Waals surface area contributed by atoms with E-state index >= 15 is 0 Å². The topological polar surface area (TPSA) is 72.3 Å². The molecular weight excluding hydrogens is 347 g/mol. The molecule has 0 radical (unpaired) electrons. The molecule has 2 aromatic rings. The van der Waals surface area contributed by atoms with E-state index in [2.05, 4.69) is 5.10 Å². The average Bonchev–Trinajstić information content (AvgIpc) is 2.90. The summed E-state index contributed by atoms with van der Waals surface area (Å²) in [5, 5.41) is 2.34. The van der Waals surface area contributed by atoms with Gasteiger partial charge in [0.15, 0.2) is 5.82 Å². The van der Waals surface area contributed by atoms with Crippen LogP contribution in [0, 0.1) is 17.5 Å². The van der Waals surface area contributed by atoms with Crippen LogP contribution in [0.15, 0.2) is 34.3 Å². The fraction of sp³-hybridized carbons (Fsp3) is 0.286. The van der Waals surface area contributed by atoms with Gasteiger partial charge < -0.3 is 4.90 Å². The van der Waals surface area contributed by atoms with Crippen molar-refractivity contribution >= 4 is 15.9 Å². The number of hydrogen-bond acceptors (Lipinski definition) is 4. The number of hydrogen-bond donors (Lipinski definition) is 0. The SMILES string of the molecule is CCN(CC)C(=O)n1cc(F)c(S(=O)(=O)c2ccc(F)cc2F)n1. The van der Waals surface area contributed by atoms with Crippen LogP contribution in [0.3, 0.4) is 0 Å². The van der Waals surface area contributed by atoms with Crippen LogP contribution in [0.2, 0.25) is 0 Å². The molecule has 0 bridgehead atoms. The Balaban J connectivity index is 2.51. The van der Waals surface area contributed by atoms with Crippen molar-refractivity contribution in [3.63, 3.8) is 0 Å². The van der Waals surface area contributed by atoms with Crippen molar-refractivity contribution in [3.8, 4) is 0 Å². The maximum absolute atomic E-state index is 14.0. The van der Waals surface area contributed by atoms with Gasteiger partial charge in [-0.15, -0.1) is 5.10 Å². The van der Waals surface area contributed by atoms with Gasteiger partial charge in [-0.05, 0) is 26.0 Å². The Morgan fingerprint density at radius 1 is 1.17 bits per heavy atom. The third-order valence-electron chi connectivity index (χ3n) is 3.31. The number of halogens is 3. The smallest absolute Gasteiger partial charge is 0.323 e. The lowest BCUT2D eigenvalue weighted by molar-refractivity contribution is 0.201. The molecule has 0 fully saturated rings. The molecule has 0 saturated heterocycles. The van der Waals surface area contributed by atoms with Crippen LogP contribution in [0.5, 0.6) is 0 Å². The molecule has 24 heavy (non-hydrogen) atoms. The van der Waals surface area contributed by atoms with Crippen molar-refractivity contribution in [2.24, 2.45) is 0 Å². The first kappa shape index (κ1) is 18.0. The van der Waals surface area contributed by atoms with E-state index in [1.165, 1.54) is 4.90 Å². The van der Waals surface area contributed by atoms with Crippen molar-refractivity contribution in [1.82, 2.24) is 14.7 Å². The van der Waals surface area contributed by atoms with Gasteiger partial charge >= 0.3 is 6.03 Å². The Bertz CT molecular complexity index is 877. The van der Waals surface area contributed by atoms with Crippen molar-refractivity contribution < 1.29 is 26.4 Å². The quantitative estimate of drug-likeness (QED) is 0.784. The molecule has 0 aliphatic rings. The van der Waals surface area contributed by atoms with Gasteiger partial charge in [0.1, 0.15) is 16.5 Å². The number of benzene rings is 1.